The summed E-state index contributed by atoms with van der Waals surface area (Å²) in [6, 6.07) is 13.0. The molecule has 0 radical (unpaired) electrons. The highest BCUT2D eigenvalue weighted by Gasteiger charge is 2.12. The second-order valence-electron chi connectivity index (χ2n) is 3.59. The molecule has 84 valence electrons. The van der Waals surface area contributed by atoms with Crippen LogP contribution in [0.4, 0.5) is 8.78 Å². The van der Waals surface area contributed by atoms with E-state index in [0.717, 1.165) is 6.07 Å². The molecule has 0 fully saturated rings. The molecule has 0 aromatic heterocycles. The Balaban J connectivity index is 2.61. The van der Waals surface area contributed by atoms with Crippen molar-refractivity contribution in [3.8, 4) is 17.2 Å². The van der Waals surface area contributed by atoms with Crippen LogP contribution < -0.4 is 0 Å². The monoisotopic (exact) mass is 229 g/mol. The van der Waals surface area contributed by atoms with Gasteiger partial charge in [0.1, 0.15) is 0 Å². The van der Waals surface area contributed by atoms with Crippen molar-refractivity contribution in [1.29, 1.82) is 5.26 Å². The van der Waals surface area contributed by atoms with E-state index in [0.29, 0.717) is 11.1 Å². The fraction of sp³-hybridized carbons (Fsp3) is 0.0714. The van der Waals surface area contributed by atoms with E-state index in [4.69, 9.17) is 5.26 Å². The predicted molar refractivity (Wildman–Crippen MR) is 61.1 cm³/mol. The van der Waals surface area contributed by atoms with E-state index < -0.39 is 11.6 Å². The summed E-state index contributed by atoms with van der Waals surface area (Å²) in [5.41, 5.74) is 1.45. The molecular formula is C14H9F2N. The molecule has 0 heterocycles. The third-order valence-corrected chi connectivity index (χ3v) is 2.53. The van der Waals surface area contributed by atoms with Crippen molar-refractivity contribution in [2.45, 2.75) is 6.42 Å². The van der Waals surface area contributed by atoms with Crippen molar-refractivity contribution in [2.75, 3.05) is 0 Å². The van der Waals surface area contributed by atoms with Crippen LogP contribution in [0.1, 0.15) is 5.56 Å². The van der Waals surface area contributed by atoms with Gasteiger partial charge in [-0.15, -0.1) is 0 Å². The topological polar surface area (TPSA) is 23.8 Å². The Morgan fingerprint density at radius 2 is 1.65 bits per heavy atom. The molecule has 2 aromatic rings. The van der Waals surface area contributed by atoms with Gasteiger partial charge in [-0.1, -0.05) is 36.4 Å². The lowest BCUT2D eigenvalue weighted by Crippen LogP contribution is -1.93. The first kappa shape index (κ1) is 11.3. The number of hydrogen-bond donors (Lipinski definition) is 0. The summed E-state index contributed by atoms with van der Waals surface area (Å²) in [6.45, 7) is 0. The van der Waals surface area contributed by atoms with E-state index in [2.05, 4.69) is 0 Å². The minimum Gasteiger partial charge on any atom is -0.204 e. The van der Waals surface area contributed by atoms with Gasteiger partial charge in [0, 0.05) is 5.56 Å². The molecule has 0 spiro atoms. The second kappa shape index (κ2) is 4.75. The zero-order valence-electron chi connectivity index (χ0n) is 8.95. The second-order valence-corrected chi connectivity index (χ2v) is 3.59. The van der Waals surface area contributed by atoms with Gasteiger partial charge in [0.05, 0.1) is 12.5 Å². The van der Waals surface area contributed by atoms with Crippen LogP contribution in [0.15, 0.2) is 42.5 Å². The maximum Gasteiger partial charge on any atom is 0.166 e. The number of hydrogen-bond acceptors (Lipinski definition) is 1. The van der Waals surface area contributed by atoms with Crippen LogP contribution in [-0.4, -0.2) is 0 Å². The summed E-state index contributed by atoms with van der Waals surface area (Å²) in [6.07, 6.45) is 0.173. The van der Waals surface area contributed by atoms with E-state index in [9.17, 15) is 8.78 Å². The molecule has 0 aliphatic carbocycles. The van der Waals surface area contributed by atoms with Gasteiger partial charge in [0.25, 0.3) is 0 Å². The molecule has 2 aromatic carbocycles. The van der Waals surface area contributed by atoms with E-state index in [1.54, 1.807) is 24.3 Å². The van der Waals surface area contributed by atoms with Crippen LogP contribution in [0.2, 0.25) is 0 Å². The average molecular weight is 229 g/mol. The molecule has 0 saturated carbocycles. The van der Waals surface area contributed by atoms with Crippen molar-refractivity contribution < 1.29 is 8.78 Å². The minimum absolute atomic E-state index is 0.173. The molecule has 17 heavy (non-hydrogen) atoms. The Kier molecular flexibility index (Phi) is 3.15. The summed E-state index contributed by atoms with van der Waals surface area (Å²) < 4.78 is 26.8. The van der Waals surface area contributed by atoms with Crippen molar-refractivity contribution in [2.24, 2.45) is 0 Å². The maximum absolute atomic E-state index is 13.6. The first-order valence-electron chi connectivity index (χ1n) is 5.13. The standard InChI is InChI=1S/C14H9F2N/c15-13-7-3-6-12(14(13)16)11-5-2-1-4-10(11)8-9-17/h1-7H,8H2. The van der Waals surface area contributed by atoms with E-state index in [1.807, 2.05) is 6.07 Å². The van der Waals surface area contributed by atoms with Crippen LogP contribution in [0.25, 0.3) is 11.1 Å². The van der Waals surface area contributed by atoms with E-state index in [-0.39, 0.29) is 12.0 Å². The van der Waals surface area contributed by atoms with E-state index in [1.165, 1.54) is 12.1 Å². The Morgan fingerprint density at radius 1 is 0.941 bits per heavy atom. The Hall–Kier alpha value is -2.21. The molecule has 0 unspecified atom stereocenters. The van der Waals surface area contributed by atoms with Gasteiger partial charge in [0.15, 0.2) is 11.6 Å². The summed E-state index contributed by atoms with van der Waals surface area (Å²) in [5, 5.41) is 8.70. The largest absolute Gasteiger partial charge is 0.204 e. The SMILES string of the molecule is N#CCc1ccccc1-c1cccc(F)c1F. The fourth-order valence-electron chi connectivity index (χ4n) is 1.73. The molecule has 0 aliphatic heterocycles. The first-order valence-corrected chi connectivity index (χ1v) is 5.13. The summed E-state index contributed by atoms with van der Waals surface area (Å²) in [4.78, 5) is 0. The number of benzene rings is 2. The van der Waals surface area contributed by atoms with Gasteiger partial charge in [-0.2, -0.15) is 5.26 Å². The number of nitrogens with zero attached hydrogens (tertiary/aromatic N) is 1. The molecule has 0 aliphatic rings. The normalized spacial score (nSPS) is 9.94. The highest BCUT2D eigenvalue weighted by Crippen LogP contribution is 2.27. The molecule has 2 rings (SSSR count). The Labute approximate surface area is 97.9 Å². The Morgan fingerprint density at radius 3 is 2.41 bits per heavy atom. The summed E-state index contributed by atoms with van der Waals surface area (Å²) >= 11 is 0. The molecule has 0 atom stereocenters. The number of rotatable bonds is 2. The lowest BCUT2D eigenvalue weighted by molar-refractivity contribution is 0.511. The smallest absolute Gasteiger partial charge is 0.166 e. The summed E-state index contributed by atoms with van der Waals surface area (Å²) in [5.74, 6) is -1.76. The minimum atomic E-state index is -0.880. The van der Waals surface area contributed by atoms with Gasteiger partial charge in [-0.3, -0.25) is 0 Å². The quantitative estimate of drug-likeness (QED) is 0.770. The van der Waals surface area contributed by atoms with Crippen LogP contribution in [-0.2, 0) is 6.42 Å². The van der Waals surface area contributed by atoms with Crippen LogP contribution in [0, 0.1) is 23.0 Å². The molecule has 0 bridgehead atoms. The van der Waals surface area contributed by atoms with Gasteiger partial charge in [-0.05, 0) is 17.2 Å². The summed E-state index contributed by atoms with van der Waals surface area (Å²) in [7, 11) is 0. The van der Waals surface area contributed by atoms with Gasteiger partial charge in [0.2, 0.25) is 0 Å². The van der Waals surface area contributed by atoms with Crippen LogP contribution >= 0.6 is 0 Å². The highest BCUT2D eigenvalue weighted by atomic mass is 19.2. The zero-order chi connectivity index (χ0) is 12.3. The van der Waals surface area contributed by atoms with Crippen molar-refractivity contribution >= 4 is 0 Å². The van der Waals surface area contributed by atoms with Crippen molar-refractivity contribution in [3.63, 3.8) is 0 Å². The van der Waals surface area contributed by atoms with E-state index >= 15 is 0 Å². The van der Waals surface area contributed by atoms with Gasteiger partial charge < -0.3 is 0 Å². The third-order valence-electron chi connectivity index (χ3n) is 2.53. The Bertz CT molecular complexity index is 585. The molecule has 0 saturated heterocycles. The molecule has 0 N–H and O–H groups in total. The molecule has 3 heteroatoms. The van der Waals surface area contributed by atoms with Crippen molar-refractivity contribution in [1.82, 2.24) is 0 Å². The molecule has 0 amide bonds. The third kappa shape index (κ3) is 2.16. The lowest BCUT2D eigenvalue weighted by Gasteiger charge is -2.08. The van der Waals surface area contributed by atoms with Gasteiger partial charge >= 0.3 is 0 Å². The van der Waals surface area contributed by atoms with Crippen LogP contribution in [0.3, 0.4) is 0 Å². The zero-order valence-corrected chi connectivity index (χ0v) is 8.95. The van der Waals surface area contributed by atoms with Gasteiger partial charge in [-0.25, -0.2) is 8.78 Å². The predicted octanol–water partition coefficient (Wildman–Crippen LogP) is 3.70. The molecule has 1 nitrogen and oxygen atoms in total. The fourth-order valence-corrected chi connectivity index (χ4v) is 1.73. The average Bonchev–Trinajstić information content (AvgIpc) is 2.34. The van der Waals surface area contributed by atoms with Crippen LogP contribution in [0.5, 0.6) is 0 Å². The van der Waals surface area contributed by atoms with Crippen molar-refractivity contribution in [3.05, 3.63) is 59.7 Å². The molecular weight excluding hydrogens is 220 g/mol. The maximum atomic E-state index is 13.6. The number of halogens is 2. The first-order chi connectivity index (χ1) is 8.24. The highest BCUT2D eigenvalue weighted by molar-refractivity contribution is 5.68. The lowest BCUT2D eigenvalue weighted by atomic mass is 9.97. The number of nitriles is 1.